The Balaban J connectivity index is 1.77. The highest BCUT2D eigenvalue weighted by atomic mass is 32.2. The predicted octanol–water partition coefficient (Wildman–Crippen LogP) is 2.39. The molecule has 144 valence electrons. The Morgan fingerprint density at radius 1 is 1.23 bits per heavy atom. The molecule has 1 aromatic carbocycles. The highest BCUT2D eigenvalue weighted by Crippen LogP contribution is 2.29. The van der Waals surface area contributed by atoms with E-state index >= 15 is 0 Å². The molecule has 2 saturated heterocycles. The highest BCUT2D eigenvalue weighted by Gasteiger charge is 2.34. The van der Waals surface area contributed by atoms with Gasteiger partial charge in [0.1, 0.15) is 0 Å². The van der Waals surface area contributed by atoms with Gasteiger partial charge in [0.25, 0.3) is 0 Å². The van der Waals surface area contributed by atoms with Crippen molar-refractivity contribution in [3.05, 3.63) is 24.0 Å². The molecule has 0 spiro atoms. The lowest BCUT2D eigenvalue weighted by atomic mass is 10.0. The van der Waals surface area contributed by atoms with E-state index in [9.17, 15) is 17.6 Å². The van der Waals surface area contributed by atoms with Crippen molar-refractivity contribution in [1.29, 1.82) is 0 Å². The number of nitrogens with zero attached hydrogens (tertiary/aromatic N) is 2. The van der Waals surface area contributed by atoms with Gasteiger partial charge in [-0.05, 0) is 43.9 Å². The maximum atomic E-state index is 14.0. The standard InChI is InChI=1S/C18H25FN2O4S/c1-25-17-8-7-15(13-16(17)19)26(23,24)21-11-3-2-5-14(21)9-12-20-10-4-6-18(20)22/h7-8,13-14H,2-6,9-12H2,1H3/t14-/m0/s1. The Hall–Kier alpha value is -1.67. The molecule has 1 aromatic rings. The monoisotopic (exact) mass is 384 g/mol. The first-order valence-corrected chi connectivity index (χ1v) is 10.5. The van der Waals surface area contributed by atoms with Crippen LogP contribution in [-0.2, 0) is 14.8 Å². The van der Waals surface area contributed by atoms with Gasteiger partial charge in [0.05, 0.1) is 12.0 Å². The number of hydrogen-bond acceptors (Lipinski definition) is 4. The molecule has 0 N–H and O–H groups in total. The van der Waals surface area contributed by atoms with Crippen molar-refractivity contribution in [2.24, 2.45) is 0 Å². The second-order valence-electron chi connectivity index (χ2n) is 6.83. The number of ether oxygens (including phenoxy) is 1. The lowest BCUT2D eigenvalue weighted by molar-refractivity contribution is -0.127. The average Bonchev–Trinajstić information content (AvgIpc) is 3.05. The smallest absolute Gasteiger partial charge is 0.243 e. The van der Waals surface area contributed by atoms with E-state index in [4.69, 9.17) is 4.74 Å². The van der Waals surface area contributed by atoms with Crippen LogP contribution >= 0.6 is 0 Å². The fraction of sp³-hybridized carbons (Fsp3) is 0.611. The Morgan fingerprint density at radius 3 is 2.69 bits per heavy atom. The summed E-state index contributed by atoms with van der Waals surface area (Å²) in [6.45, 7) is 1.75. The maximum Gasteiger partial charge on any atom is 0.243 e. The van der Waals surface area contributed by atoms with E-state index < -0.39 is 15.8 Å². The van der Waals surface area contributed by atoms with Gasteiger partial charge in [-0.15, -0.1) is 0 Å². The number of carbonyl (C=O) groups excluding carboxylic acids is 1. The molecule has 0 aliphatic carbocycles. The number of benzene rings is 1. The van der Waals surface area contributed by atoms with Gasteiger partial charge in [0, 0.05) is 32.1 Å². The normalized spacial score (nSPS) is 22.0. The van der Waals surface area contributed by atoms with E-state index in [1.807, 2.05) is 4.90 Å². The molecule has 2 aliphatic rings. The Labute approximate surface area is 154 Å². The van der Waals surface area contributed by atoms with Crippen molar-refractivity contribution < 1.29 is 22.3 Å². The van der Waals surface area contributed by atoms with Crippen LogP contribution in [0.5, 0.6) is 5.75 Å². The first-order valence-electron chi connectivity index (χ1n) is 9.06. The van der Waals surface area contributed by atoms with Gasteiger partial charge in [-0.3, -0.25) is 4.79 Å². The largest absolute Gasteiger partial charge is 0.494 e. The average molecular weight is 384 g/mol. The van der Waals surface area contributed by atoms with Crippen LogP contribution in [0.1, 0.15) is 38.5 Å². The molecule has 1 atom stereocenters. The lowest BCUT2D eigenvalue weighted by Crippen LogP contribution is -2.45. The molecule has 0 radical (unpaired) electrons. The molecular weight excluding hydrogens is 359 g/mol. The lowest BCUT2D eigenvalue weighted by Gasteiger charge is -2.35. The number of likely N-dealkylation sites (tertiary alicyclic amines) is 1. The summed E-state index contributed by atoms with van der Waals surface area (Å²) in [6.07, 6.45) is 4.58. The van der Waals surface area contributed by atoms with E-state index in [0.717, 1.165) is 38.3 Å². The van der Waals surface area contributed by atoms with Crippen LogP contribution in [0.3, 0.4) is 0 Å². The van der Waals surface area contributed by atoms with Crippen LogP contribution in [0.15, 0.2) is 23.1 Å². The van der Waals surface area contributed by atoms with Crippen molar-refractivity contribution in [1.82, 2.24) is 9.21 Å². The number of rotatable bonds is 6. The van der Waals surface area contributed by atoms with Gasteiger partial charge in [-0.2, -0.15) is 4.31 Å². The van der Waals surface area contributed by atoms with Crippen LogP contribution in [0, 0.1) is 5.82 Å². The minimum Gasteiger partial charge on any atom is -0.494 e. The molecule has 6 nitrogen and oxygen atoms in total. The van der Waals surface area contributed by atoms with Crippen LogP contribution in [0.4, 0.5) is 4.39 Å². The van der Waals surface area contributed by atoms with E-state index in [1.54, 1.807) is 0 Å². The zero-order valence-electron chi connectivity index (χ0n) is 15.0. The Morgan fingerprint density at radius 2 is 2.04 bits per heavy atom. The van der Waals surface area contributed by atoms with Gasteiger partial charge < -0.3 is 9.64 Å². The van der Waals surface area contributed by atoms with Crippen LogP contribution in [0.25, 0.3) is 0 Å². The zero-order valence-corrected chi connectivity index (χ0v) is 15.8. The summed E-state index contributed by atoms with van der Waals surface area (Å²) in [7, 11) is -2.44. The molecule has 2 fully saturated rings. The Kier molecular flexibility index (Phi) is 5.82. The fourth-order valence-corrected chi connectivity index (χ4v) is 5.50. The summed E-state index contributed by atoms with van der Waals surface area (Å²) in [5, 5.41) is 0. The highest BCUT2D eigenvalue weighted by molar-refractivity contribution is 7.89. The fourth-order valence-electron chi connectivity index (χ4n) is 3.77. The molecule has 1 amide bonds. The second-order valence-corrected chi connectivity index (χ2v) is 8.73. The topological polar surface area (TPSA) is 66.9 Å². The summed E-state index contributed by atoms with van der Waals surface area (Å²) < 4.78 is 46.4. The van der Waals surface area contributed by atoms with Crippen molar-refractivity contribution >= 4 is 15.9 Å². The van der Waals surface area contributed by atoms with Crippen LogP contribution in [0.2, 0.25) is 0 Å². The van der Waals surface area contributed by atoms with Gasteiger partial charge in [0.15, 0.2) is 11.6 Å². The van der Waals surface area contributed by atoms with Gasteiger partial charge >= 0.3 is 0 Å². The third-order valence-electron chi connectivity index (χ3n) is 5.21. The van der Waals surface area contributed by atoms with Crippen LogP contribution in [-0.4, -0.2) is 56.3 Å². The molecule has 26 heavy (non-hydrogen) atoms. The molecule has 0 saturated carbocycles. The summed E-state index contributed by atoms with van der Waals surface area (Å²) >= 11 is 0. The first-order chi connectivity index (χ1) is 12.4. The number of carbonyl (C=O) groups is 1. The van der Waals surface area contributed by atoms with Gasteiger partial charge in [-0.1, -0.05) is 6.42 Å². The minimum absolute atomic E-state index is 0.0201. The second kappa shape index (κ2) is 7.92. The molecular formula is C18H25FN2O4S. The SMILES string of the molecule is COc1ccc(S(=O)(=O)N2CCCC[C@H]2CCN2CCCC2=O)cc1F. The number of hydrogen-bond donors (Lipinski definition) is 0. The molecule has 0 aromatic heterocycles. The predicted molar refractivity (Wildman–Crippen MR) is 94.9 cm³/mol. The molecule has 8 heteroatoms. The quantitative estimate of drug-likeness (QED) is 0.755. The number of sulfonamides is 1. The van der Waals surface area contributed by atoms with Crippen molar-refractivity contribution in [2.45, 2.75) is 49.5 Å². The summed E-state index contributed by atoms with van der Waals surface area (Å²) in [6, 6.07) is 3.58. The summed E-state index contributed by atoms with van der Waals surface area (Å²) in [5.74, 6) is -0.524. The number of methoxy groups -OCH3 is 1. The van der Waals surface area contributed by atoms with Gasteiger partial charge in [0.2, 0.25) is 15.9 Å². The van der Waals surface area contributed by atoms with E-state index in [0.29, 0.717) is 25.9 Å². The molecule has 0 unspecified atom stereocenters. The van der Waals surface area contributed by atoms with Crippen molar-refractivity contribution in [3.8, 4) is 5.75 Å². The summed E-state index contributed by atoms with van der Waals surface area (Å²) in [4.78, 5) is 13.5. The minimum atomic E-state index is -3.78. The van der Waals surface area contributed by atoms with E-state index in [-0.39, 0.29) is 22.6 Å². The van der Waals surface area contributed by atoms with E-state index in [2.05, 4.69) is 0 Å². The van der Waals surface area contributed by atoms with Crippen molar-refractivity contribution in [2.75, 3.05) is 26.7 Å². The number of halogens is 1. The summed E-state index contributed by atoms with van der Waals surface area (Å²) in [5.41, 5.74) is 0. The van der Waals surface area contributed by atoms with E-state index in [1.165, 1.54) is 23.5 Å². The van der Waals surface area contributed by atoms with Crippen LogP contribution < -0.4 is 4.74 Å². The molecule has 3 rings (SSSR count). The number of amides is 1. The van der Waals surface area contributed by atoms with Gasteiger partial charge in [-0.25, -0.2) is 12.8 Å². The third-order valence-corrected chi connectivity index (χ3v) is 7.15. The molecule has 2 heterocycles. The first kappa shape index (κ1) is 19.1. The zero-order chi connectivity index (χ0) is 18.7. The third kappa shape index (κ3) is 3.86. The Bertz CT molecular complexity index is 768. The molecule has 0 bridgehead atoms. The van der Waals surface area contributed by atoms with Crippen molar-refractivity contribution in [3.63, 3.8) is 0 Å². The number of piperidine rings is 1. The molecule has 2 aliphatic heterocycles. The maximum absolute atomic E-state index is 14.0.